The van der Waals surface area contributed by atoms with Gasteiger partial charge in [0.25, 0.3) is 5.91 Å². The summed E-state index contributed by atoms with van der Waals surface area (Å²) in [5.74, 6) is 0.516. The molecular weight excluding hydrogens is 358 g/mol. The predicted molar refractivity (Wildman–Crippen MR) is 107 cm³/mol. The molecule has 0 bridgehead atoms. The Labute approximate surface area is 164 Å². The number of hydrogen-bond donors (Lipinski definition) is 0. The quantitative estimate of drug-likeness (QED) is 0.789. The van der Waals surface area contributed by atoms with Gasteiger partial charge < -0.3 is 19.4 Å². The summed E-state index contributed by atoms with van der Waals surface area (Å²) in [6.45, 7) is 7.06. The Morgan fingerprint density at radius 2 is 1.75 bits per heavy atom. The number of aromatic nitrogens is 2. The van der Waals surface area contributed by atoms with Gasteiger partial charge in [0.1, 0.15) is 11.5 Å². The van der Waals surface area contributed by atoms with Crippen molar-refractivity contribution >= 4 is 23.5 Å². The van der Waals surface area contributed by atoms with E-state index in [0.717, 1.165) is 5.69 Å². The van der Waals surface area contributed by atoms with Crippen molar-refractivity contribution in [1.82, 2.24) is 14.9 Å². The summed E-state index contributed by atoms with van der Waals surface area (Å²) in [7, 11) is 0. The predicted octanol–water partition coefficient (Wildman–Crippen LogP) is 2.42. The van der Waals surface area contributed by atoms with Crippen molar-refractivity contribution in [2.24, 2.45) is 0 Å². The monoisotopic (exact) mass is 383 g/mol. The molecule has 2 amide bonds. The molecule has 1 aromatic carbocycles. The maximum absolute atomic E-state index is 12.8. The highest BCUT2D eigenvalue weighted by Crippen LogP contribution is 2.17. The van der Waals surface area contributed by atoms with Crippen LogP contribution in [-0.2, 0) is 4.74 Å². The minimum Gasteiger partial charge on any atom is -0.450 e. The highest BCUT2D eigenvalue weighted by molar-refractivity contribution is 6.04. The summed E-state index contributed by atoms with van der Waals surface area (Å²) in [4.78, 5) is 38.7. The lowest BCUT2D eigenvalue weighted by atomic mass is 10.2. The first kappa shape index (κ1) is 19.6. The molecule has 0 spiro atoms. The van der Waals surface area contributed by atoms with Crippen LogP contribution in [0.5, 0.6) is 0 Å². The van der Waals surface area contributed by atoms with Gasteiger partial charge in [0.2, 0.25) is 0 Å². The van der Waals surface area contributed by atoms with Crippen molar-refractivity contribution in [3.63, 3.8) is 0 Å². The van der Waals surface area contributed by atoms with Gasteiger partial charge in [-0.15, -0.1) is 0 Å². The van der Waals surface area contributed by atoms with Crippen LogP contribution in [0.4, 0.5) is 16.3 Å². The van der Waals surface area contributed by atoms with E-state index >= 15 is 0 Å². The molecule has 1 aromatic heterocycles. The minimum atomic E-state index is -0.283. The van der Waals surface area contributed by atoms with E-state index in [4.69, 9.17) is 4.74 Å². The Morgan fingerprint density at radius 1 is 1.04 bits per heavy atom. The van der Waals surface area contributed by atoms with Gasteiger partial charge in [0.05, 0.1) is 19.0 Å². The second kappa shape index (κ2) is 9.16. The molecule has 0 atom stereocenters. The van der Waals surface area contributed by atoms with Gasteiger partial charge in [0.15, 0.2) is 0 Å². The summed E-state index contributed by atoms with van der Waals surface area (Å²) < 4.78 is 5.03. The van der Waals surface area contributed by atoms with Gasteiger partial charge in [0, 0.05) is 38.4 Å². The van der Waals surface area contributed by atoms with Crippen LogP contribution in [0.3, 0.4) is 0 Å². The second-order valence-electron chi connectivity index (χ2n) is 6.32. The van der Waals surface area contributed by atoms with Crippen LogP contribution in [0.15, 0.2) is 42.7 Å². The van der Waals surface area contributed by atoms with E-state index in [2.05, 4.69) is 9.97 Å². The van der Waals surface area contributed by atoms with Crippen LogP contribution in [0, 0.1) is 0 Å². The largest absolute Gasteiger partial charge is 0.450 e. The van der Waals surface area contributed by atoms with Gasteiger partial charge in [-0.05, 0) is 26.0 Å². The summed E-state index contributed by atoms with van der Waals surface area (Å²) in [5, 5.41) is 0. The molecule has 0 aliphatic carbocycles. The van der Waals surface area contributed by atoms with E-state index < -0.39 is 0 Å². The standard InChI is InChI=1S/C20H25N5O3/c1-3-25(16-8-6-5-7-9-16)19(26)17-14-22-18(15-21-17)23-10-12-24(13-11-23)20(27)28-4-2/h5-9,14-15H,3-4,10-13H2,1-2H3. The molecule has 1 fully saturated rings. The van der Waals surface area contributed by atoms with Gasteiger partial charge >= 0.3 is 6.09 Å². The molecule has 0 N–H and O–H groups in total. The van der Waals surface area contributed by atoms with Crippen LogP contribution in [-0.4, -0.2) is 66.2 Å². The van der Waals surface area contributed by atoms with Crippen molar-refractivity contribution in [1.29, 1.82) is 0 Å². The highest BCUT2D eigenvalue weighted by atomic mass is 16.6. The van der Waals surface area contributed by atoms with E-state index in [9.17, 15) is 9.59 Å². The van der Waals surface area contributed by atoms with Crippen molar-refractivity contribution < 1.29 is 14.3 Å². The van der Waals surface area contributed by atoms with E-state index in [0.29, 0.717) is 50.8 Å². The van der Waals surface area contributed by atoms with Gasteiger partial charge in [-0.3, -0.25) is 4.79 Å². The summed E-state index contributed by atoms with van der Waals surface area (Å²) >= 11 is 0. The van der Waals surface area contributed by atoms with Crippen LogP contribution in [0.25, 0.3) is 0 Å². The Kier molecular flexibility index (Phi) is 6.41. The van der Waals surface area contributed by atoms with Gasteiger partial charge in [-0.1, -0.05) is 18.2 Å². The number of carbonyl (C=O) groups is 2. The topological polar surface area (TPSA) is 78.9 Å². The van der Waals surface area contributed by atoms with Crippen LogP contribution in [0.2, 0.25) is 0 Å². The zero-order valence-electron chi connectivity index (χ0n) is 16.2. The first-order valence-corrected chi connectivity index (χ1v) is 9.49. The maximum atomic E-state index is 12.8. The molecule has 1 aliphatic rings. The number of hydrogen-bond acceptors (Lipinski definition) is 6. The molecule has 1 saturated heterocycles. The van der Waals surface area contributed by atoms with Crippen molar-refractivity contribution in [2.75, 3.05) is 49.1 Å². The third kappa shape index (κ3) is 4.39. The molecule has 2 heterocycles. The molecule has 0 radical (unpaired) electrons. The smallest absolute Gasteiger partial charge is 0.409 e. The normalized spacial score (nSPS) is 13.9. The highest BCUT2D eigenvalue weighted by Gasteiger charge is 2.23. The summed E-state index contributed by atoms with van der Waals surface area (Å²) in [6.07, 6.45) is 2.85. The number of para-hydroxylation sites is 1. The lowest BCUT2D eigenvalue weighted by Gasteiger charge is -2.34. The molecular formula is C20H25N5O3. The fourth-order valence-electron chi connectivity index (χ4n) is 3.12. The van der Waals surface area contributed by atoms with Crippen molar-refractivity contribution in [3.8, 4) is 0 Å². The SMILES string of the molecule is CCOC(=O)N1CCN(c2cnc(C(=O)N(CC)c3ccccc3)cn2)CC1. The summed E-state index contributed by atoms with van der Waals surface area (Å²) in [5.41, 5.74) is 1.13. The van der Waals surface area contributed by atoms with E-state index in [1.165, 1.54) is 6.20 Å². The Bertz CT molecular complexity index is 789. The first-order valence-electron chi connectivity index (χ1n) is 9.49. The lowest BCUT2D eigenvalue weighted by molar-refractivity contribution is 0.0981. The van der Waals surface area contributed by atoms with Crippen molar-refractivity contribution in [2.45, 2.75) is 13.8 Å². The van der Waals surface area contributed by atoms with Crippen LogP contribution >= 0.6 is 0 Å². The molecule has 28 heavy (non-hydrogen) atoms. The molecule has 0 unspecified atom stereocenters. The number of ether oxygens (including phenoxy) is 1. The molecule has 8 heteroatoms. The fourth-order valence-corrected chi connectivity index (χ4v) is 3.12. The van der Waals surface area contributed by atoms with Gasteiger partial charge in [-0.25, -0.2) is 14.8 Å². The average molecular weight is 383 g/mol. The number of amides is 2. The zero-order chi connectivity index (χ0) is 19.9. The molecule has 0 saturated carbocycles. The van der Waals surface area contributed by atoms with E-state index in [1.807, 2.05) is 42.2 Å². The lowest BCUT2D eigenvalue weighted by Crippen LogP contribution is -2.49. The average Bonchev–Trinajstić information content (AvgIpc) is 2.75. The summed E-state index contributed by atoms with van der Waals surface area (Å²) in [6, 6.07) is 9.50. The Morgan fingerprint density at radius 3 is 2.32 bits per heavy atom. The molecule has 1 aliphatic heterocycles. The number of piperazine rings is 1. The Hall–Kier alpha value is -3.16. The number of anilines is 2. The number of benzene rings is 1. The third-order valence-corrected chi connectivity index (χ3v) is 4.62. The number of nitrogens with zero attached hydrogens (tertiary/aromatic N) is 5. The fraction of sp³-hybridized carbons (Fsp3) is 0.400. The third-order valence-electron chi connectivity index (χ3n) is 4.62. The molecule has 3 rings (SSSR count). The van der Waals surface area contributed by atoms with Crippen LogP contribution in [0.1, 0.15) is 24.3 Å². The Balaban J connectivity index is 1.64. The maximum Gasteiger partial charge on any atom is 0.409 e. The molecule has 148 valence electrons. The van der Waals surface area contributed by atoms with Gasteiger partial charge in [-0.2, -0.15) is 0 Å². The first-order chi connectivity index (χ1) is 13.6. The molecule has 8 nitrogen and oxygen atoms in total. The van der Waals surface area contributed by atoms with Crippen LogP contribution < -0.4 is 9.80 Å². The number of carbonyl (C=O) groups excluding carboxylic acids is 2. The minimum absolute atomic E-state index is 0.181. The number of rotatable bonds is 5. The zero-order valence-corrected chi connectivity index (χ0v) is 16.2. The van der Waals surface area contributed by atoms with Crippen molar-refractivity contribution in [3.05, 3.63) is 48.4 Å². The van der Waals surface area contributed by atoms with E-state index in [-0.39, 0.29) is 12.0 Å². The molecule has 2 aromatic rings. The second-order valence-corrected chi connectivity index (χ2v) is 6.32. The van der Waals surface area contributed by atoms with E-state index in [1.54, 1.807) is 22.9 Å².